The highest BCUT2D eigenvalue weighted by Gasteiger charge is 2.56. The van der Waals surface area contributed by atoms with Crippen LogP contribution in [-0.4, -0.2) is 49.2 Å². The third-order valence-electron chi connectivity index (χ3n) is 6.21. The topological polar surface area (TPSA) is 111 Å². The Bertz CT molecular complexity index is 1260. The van der Waals surface area contributed by atoms with E-state index in [1.807, 2.05) is 36.4 Å². The number of aromatic nitrogens is 1. The smallest absolute Gasteiger partial charge is 0.352 e. The number of pyridine rings is 1. The van der Waals surface area contributed by atoms with E-state index in [2.05, 4.69) is 4.98 Å². The first-order valence-corrected chi connectivity index (χ1v) is 9.81. The molecule has 30 heavy (non-hydrogen) atoms. The molecule has 7 heteroatoms. The molecule has 1 fully saturated rings. The molecule has 2 aliphatic heterocycles. The molecule has 5 rings (SSSR count). The van der Waals surface area contributed by atoms with Crippen molar-refractivity contribution in [2.45, 2.75) is 32.1 Å². The molecule has 7 nitrogen and oxygen atoms in total. The Balaban J connectivity index is 1.66. The van der Waals surface area contributed by atoms with Crippen LogP contribution in [0.1, 0.15) is 24.5 Å². The number of hydrogen-bond acceptors (Lipinski definition) is 5. The van der Waals surface area contributed by atoms with Crippen LogP contribution >= 0.6 is 0 Å². The summed E-state index contributed by atoms with van der Waals surface area (Å²) in [5.41, 5.74) is 2.86. The van der Waals surface area contributed by atoms with Gasteiger partial charge in [0.1, 0.15) is 5.70 Å². The highest BCUT2D eigenvalue weighted by molar-refractivity contribution is 6.09. The average Bonchev–Trinajstić information content (AvgIpc) is 3.07. The number of rotatable bonds is 4. The van der Waals surface area contributed by atoms with Gasteiger partial charge in [-0.15, -0.1) is 0 Å². The maximum atomic E-state index is 12.5. The highest BCUT2D eigenvalue weighted by atomic mass is 16.4. The van der Waals surface area contributed by atoms with Gasteiger partial charge in [0.25, 0.3) is 0 Å². The van der Waals surface area contributed by atoms with Gasteiger partial charge < -0.3 is 20.2 Å². The quantitative estimate of drug-likeness (QED) is 0.455. The molecule has 152 valence electrons. The molecule has 0 saturated carbocycles. The number of carbonyl (C=O) groups is 2. The predicted octanol–water partition coefficient (Wildman–Crippen LogP) is 2.29. The van der Waals surface area contributed by atoms with Gasteiger partial charge in [0.05, 0.1) is 30.2 Å². The van der Waals surface area contributed by atoms with Crippen LogP contribution in [0.5, 0.6) is 0 Å². The molecule has 0 spiro atoms. The fourth-order valence-electron chi connectivity index (χ4n) is 4.77. The molecule has 3 unspecified atom stereocenters. The molecule has 3 atom stereocenters. The number of fused-ring (bicyclic) bond motifs is 4. The molecular weight excluding hydrogens is 384 g/mol. The van der Waals surface area contributed by atoms with Crippen molar-refractivity contribution in [2.24, 2.45) is 5.92 Å². The normalized spacial score (nSPS) is 21.8. The third-order valence-corrected chi connectivity index (χ3v) is 6.21. The minimum absolute atomic E-state index is 0.00202. The standard InChI is InChI=1S/C23H20N2O5/c1-11(27)20-19-8-17(21(23(29)30)25(19)22(20)28)13-3-4-14-9-24-18-6-12(10-26)2-5-15(18)16(14)7-13/h2-7,9,11,19-20,26-27H,8,10H2,1H3,(H,29,30). The maximum Gasteiger partial charge on any atom is 0.352 e. The van der Waals surface area contributed by atoms with Gasteiger partial charge in [-0.05, 0) is 47.6 Å². The Hall–Kier alpha value is -3.29. The second kappa shape index (κ2) is 6.62. The van der Waals surface area contributed by atoms with Gasteiger partial charge in [0.2, 0.25) is 5.91 Å². The van der Waals surface area contributed by atoms with Crippen LogP contribution in [0.25, 0.3) is 27.2 Å². The molecule has 0 radical (unpaired) electrons. The summed E-state index contributed by atoms with van der Waals surface area (Å²) < 4.78 is 0. The van der Waals surface area contributed by atoms with Gasteiger partial charge in [-0.2, -0.15) is 0 Å². The third kappa shape index (κ3) is 2.56. The van der Waals surface area contributed by atoms with Crippen molar-refractivity contribution in [1.82, 2.24) is 9.88 Å². The van der Waals surface area contributed by atoms with Crippen molar-refractivity contribution in [3.63, 3.8) is 0 Å². The molecule has 0 bridgehead atoms. The van der Waals surface area contributed by atoms with Crippen LogP contribution < -0.4 is 0 Å². The summed E-state index contributed by atoms with van der Waals surface area (Å²) in [5.74, 6) is -2.05. The molecular formula is C23H20N2O5. The number of aliphatic hydroxyl groups is 2. The maximum absolute atomic E-state index is 12.5. The Morgan fingerprint density at radius 1 is 1.23 bits per heavy atom. The first-order chi connectivity index (χ1) is 14.4. The lowest BCUT2D eigenvalue weighted by Gasteiger charge is -2.44. The number of aliphatic hydroxyl groups excluding tert-OH is 2. The Morgan fingerprint density at radius 3 is 2.73 bits per heavy atom. The van der Waals surface area contributed by atoms with Gasteiger partial charge in [0, 0.05) is 17.0 Å². The summed E-state index contributed by atoms with van der Waals surface area (Å²) in [7, 11) is 0. The highest BCUT2D eigenvalue weighted by Crippen LogP contribution is 2.47. The van der Waals surface area contributed by atoms with E-state index in [-0.39, 0.29) is 24.3 Å². The lowest BCUT2D eigenvalue weighted by atomic mass is 9.82. The Morgan fingerprint density at radius 2 is 2.03 bits per heavy atom. The van der Waals surface area contributed by atoms with E-state index in [1.54, 1.807) is 13.1 Å². The summed E-state index contributed by atoms with van der Waals surface area (Å²) in [4.78, 5) is 30.2. The molecule has 3 heterocycles. The lowest BCUT2D eigenvalue weighted by molar-refractivity contribution is -0.161. The summed E-state index contributed by atoms with van der Waals surface area (Å²) in [6, 6.07) is 10.9. The van der Waals surface area contributed by atoms with E-state index < -0.39 is 18.0 Å². The first kappa shape index (κ1) is 18.7. The van der Waals surface area contributed by atoms with Crippen molar-refractivity contribution in [3.05, 3.63) is 59.4 Å². The number of β-lactam (4-membered cyclic amide) rings is 1. The minimum atomic E-state index is -1.14. The number of carbonyl (C=O) groups excluding carboxylic acids is 1. The lowest BCUT2D eigenvalue weighted by Crippen LogP contribution is -2.61. The predicted molar refractivity (Wildman–Crippen MR) is 110 cm³/mol. The SMILES string of the molecule is CC(O)C1C(=O)N2C(C(=O)O)=C(c3ccc4cnc5cc(CO)ccc5c4c3)CC12. The van der Waals surface area contributed by atoms with E-state index in [9.17, 15) is 24.9 Å². The van der Waals surface area contributed by atoms with Crippen LogP contribution in [0.2, 0.25) is 0 Å². The number of hydrogen-bond donors (Lipinski definition) is 3. The van der Waals surface area contributed by atoms with Crippen molar-refractivity contribution in [3.8, 4) is 0 Å². The van der Waals surface area contributed by atoms with E-state index in [4.69, 9.17) is 0 Å². The number of carboxylic acid groups (broad SMARTS) is 1. The zero-order chi connectivity index (χ0) is 21.2. The molecule has 1 amide bonds. The number of nitrogens with zero attached hydrogens (tertiary/aromatic N) is 2. The van der Waals surface area contributed by atoms with Crippen LogP contribution in [0.4, 0.5) is 0 Å². The molecule has 1 aromatic heterocycles. The van der Waals surface area contributed by atoms with Crippen molar-refractivity contribution < 1.29 is 24.9 Å². The first-order valence-electron chi connectivity index (χ1n) is 9.81. The summed E-state index contributed by atoms with van der Waals surface area (Å²) in [5, 5.41) is 31.9. The van der Waals surface area contributed by atoms with E-state index >= 15 is 0 Å². The van der Waals surface area contributed by atoms with Crippen molar-refractivity contribution in [1.29, 1.82) is 0 Å². The van der Waals surface area contributed by atoms with Gasteiger partial charge >= 0.3 is 5.97 Å². The fraction of sp³-hybridized carbons (Fsp3) is 0.261. The zero-order valence-corrected chi connectivity index (χ0v) is 16.2. The monoisotopic (exact) mass is 404 g/mol. The van der Waals surface area contributed by atoms with Crippen LogP contribution in [0, 0.1) is 5.92 Å². The Kier molecular flexibility index (Phi) is 4.13. The minimum Gasteiger partial charge on any atom is -0.477 e. The van der Waals surface area contributed by atoms with Gasteiger partial charge in [-0.25, -0.2) is 4.79 Å². The Labute approximate surface area is 171 Å². The number of carboxylic acids is 1. The van der Waals surface area contributed by atoms with Gasteiger partial charge in [-0.3, -0.25) is 9.78 Å². The molecule has 3 N–H and O–H groups in total. The van der Waals surface area contributed by atoms with Crippen molar-refractivity contribution in [2.75, 3.05) is 0 Å². The number of amides is 1. The summed E-state index contributed by atoms with van der Waals surface area (Å²) >= 11 is 0. The fourth-order valence-corrected chi connectivity index (χ4v) is 4.77. The number of aliphatic carboxylic acids is 1. The van der Waals surface area contributed by atoms with Gasteiger partial charge in [-0.1, -0.05) is 24.3 Å². The van der Waals surface area contributed by atoms with E-state index in [0.29, 0.717) is 12.0 Å². The van der Waals surface area contributed by atoms with Crippen LogP contribution in [-0.2, 0) is 16.2 Å². The molecule has 1 saturated heterocycles. The second-order valence-electron chi connectivity index (χ2n) is 7.95. The summed E-state index contributed by atoms with van der Waals surface area (Å²) in [6.07, 6.45) is 1.33. The van der Waals surface area contributed by atoms with Gasteiger partial charge in [0.15, 0.2) is 0 Å². The summed E-state index contributed by atoms with van der Waals surface area (Å²) in [6.45, 7) is 1.49. The van der Waals surface area contributed by atoms with E-state index in [0.717, 1.165) is 32.8 Å². The van der Waals surface area contributed by atoms with Crippen LogP contribution in [0.3, 0.4) is 0 Å². The second-order valence-corrected chi connectivity index (χ2v) is 7.95. The largest absolute Gasteiger partial charge is 0.477 e. The van der Waals surface area contributed by atoms with Crippen molar-refractivity contribution >= 4 is 39.1 Å². The van der Waals surface area contributed by atoms with E-state index in [1.165, 1.54) is 4.90 Å². The molecule has 2 aromatic carbocycles. The number of benzene rings is 2. The zero-order valence-electron chi connectivity index (χ0n) is 16.2. The van der Waals surface area contributed by atoms with Crippen LogP contribution in [0.15, 0.2) is 48.3 Å². The average molecular weight is 404 g/mol. The molecule has 3 aromatic rings. The molecule has 2 aliphatic rings. The molecule has 0 aliphatic carbocycles.